The predicted octanol–water partition coefficient (Wildman–Crippen LogP) is 4.97. The summed E-state index contributed by atoms with van der Waals surface area (Å²) in [7, 11) is -4.35. The zero-order valence-electron chi connectivity index (χ0n) is 25.0. The van der Waals surface area contributed by atoms with Gasteiger partial charge in [0.1, 0.15) is 31.6 Å². The SMILES string of the molecule is Cc1ccc(CN(C(=O)CN(c2ccc(F)cc2)S(=O)(=O)c2ccc3c(c2)OCCO3)C(C)C(=O)NC2CCCCC2)cc1. The quantitative estimate of drug-likeness (QED) is 0.342. The average molecular weight is 624 g/mol. The molecule has 2 amide bonds. The van der Waals surface area contributed by atoms with Crippen LogP contribution in [0.25, 0.3) is 0 Å². The fraction of sp³-hybridized carbons (Fsp3) is 0.394. The highest BCUT2D eigenvalue weighted by atomic mass is 32.2. The van der Waals surface area contributed by atoms with Crippen molar-refractivity contribution in [3.8, 4) is 11.5 Å². The Kier molecular flexibility index (Phi) is 9.73. The zero-order valence-corrected chi connectivity index (χ0v) is 25.8. The molecular weight excluding hydrogens is 585 g/mol. The lowest BCUT2D eigenvalue weighted by Gasteiger charge is -2.33. The highest BCUT2D eigenvalue weighted by molar-refractivity contribution is 7.92. The van der Waals surface area contributed by atoms with Crippen LogP contribution in [-0.4, -0.2) is 57.0 Å². The van der Waals surface area contributed by atoms with Crippen molar-refractivity contribution in [3.63, 3.8) is 0 Å². The molecule has 1 aliphatic heterocycles. The molecule has 1 N–H and O–H groups in total. The van der Waals surface area contributed by atoms with E-state index in [-0.39, 0.29) is 41.4 Å². The summed E-state index contributed by atoms with van der Waals surface area (Å²) in [6, 6.07) is 15.9. The first-order valence-corrected chi connectivity index (χ1v) is 16.4. The third-order valence-electron chi connectivity index (χ3n) is 8.09. The number of rotatable bonds is 10. The van der Waals surface area contributed by atoms with Gasteiger partial charge >= 0.3 is 0 Å². The molecule has 3 aromatic rings. The van der Waals surface area contributed by atoms with Gasteiger partial charge in [0.05, 0.1) is 10.6 Å². The number of halogens is 1. The number of amides is 2. The van der Waals surface area contributed by atoms with Gasteiger partial charge in [-0.3, -0.25) is 13.9 Å². The van der Waals surface area contributed by atoms with Crippen LogP contribution in [-0.2, 0) is 26.2 Å². The Morgan fingerprint density at radius 3 is 2.27 bits per heavy atom. The second-order valence-corrected chi connectivity index (χ2v) is 13.2. The van der Waals surface area contributed by atoms with Crippen molar-refractivity contribution in [3.05, 3.63) is 83.7 Å². The smallest absolute Gasteiger partial charge is 0.264 e. The molecule has 1 unspecified atom stereocenters. The van der Waals surface area contributed by atoms with Gasteiger partial charge in [-0.05, 0) is 68.7 Å². The van der Waals surface area contributed by atoms with E-state index in [1.54, 1.807) is 6.92 Å². The molecule has 1 heterocycles. The minimum absolute atomic E-state index is 0.0429. The lowest BCUT2D eigenvalue weighted by Crippen LogP contribution is -2.53. The molecular formula is C33H38FN3O6S. The van der Waals surface area contributed by atoms with E-state index in [0.717, 1.165) is 59.7 Å². The first kappa shape index (κ1) is 31.3. The van der Waals surface area contributed by atoms with E-state index in [0.29, 0.717) is 12.4 Å². The van der Waals surface area contributed by atoms with Crippen molar-refractivity contribution < 1.29 is 31.9 Å². The van der Waals surface area contributed by atoms with Gasteiger partial charge in [-0.2, -0.15) is 0 Å². The molecule has 1 atom stereocenters. The second-order valence-electron chi connectivity index (χ2n) is 11.3. The fourth-order valence-electron chi connectivity index (χ4n) is 5.49. The lowest BCUT2D eigenvalue weighted by molar-refractivity contribution is -0.139. The Morgan fingerprint density at radius 1 is 0.932 bits per heavy atom. The highest BCUT2D eigenvalue weighted by Crippen LogP contribution is 2.34. The van der Waals surface area contributed by atoms with Crippen molar-refractivity contribution in [1.82, 2.24) is 10.2 Å². The van der Waals surface area contributed by atoms with E-state index in [1.807, 2.05) is 31.2 Å². The first-order valence-electron chi connectivity index (χ1n) is 14.9. The van der Waals surface area contributed by atoms with Crippen LogP contribution in [0, 0.1) is 12.7 Å². The number of hydrogen-bond donors (Lipinski definition) is 1. The van der Waals surface area contributed by atoms with Gasteiger partial charge in [-0.1, -0.05) is 49.1 Å². The molecule has 2 aliphatic rings. The van der Waals surface area contributed by atoms with Gasteiger partial charge in [-0.15, -0.1) is 0 Å². The zero-order chi connectivity index (χ0) is 31.3. The van der Waals surface area contributed by atoms with E-state index < -0.39 is 34.3 Å². The molecule has 0 aromatic heterocycles. The number of hydrogen-bond acceptors (Lipinski definition) is 6. The number of nitrogens with zero attached hydrogens (tertiary/aromatic N) is 2. The summed E-state index contributed by atoms with van der Waals surface area (Å²) in [5.74, 6) is -0.730. The van der Waals surface area contributed by atoms with Gasteiger partial charge in [0.2, 0.25) is 11.8 Å². The molecule has 0 saturated heterocycles. The Balaban J connectivity index is 1.47. The maximum absolute atomic E-state index is 14.1. The second kappa shape index (κ2) is 13.7. The summed E-state index contributed by atoms with van der Waals surface area (Å²) in [5.41, 5.74) is 1.94. The van der Waals surface area contributed by atoms with E-state index in [2.05, 4.69) is 5.32 Å². The van der Waals surface area contributed by atoms with Crippen molar-refractivity contribution in [2.75, 3.05) is 24.1 Å². The molecule has 1 aliphatic carbocycles. The van der Waals surface area contributed by atoms with E-state index >= 15 is 0 Å². The minimum Gasteiger partial charge on any atom is -0.486 e. The van der Waals surface area contributed by atoms with Gasteiger partial charge in [0, 0.05) is 18.7 Å². The number of anilines is 1. The number of benzene rings is 3. The molecule has 1 saturated carbocycles. The van der Waals surface area contributed by atoms with Crippen LogP contribution in [0.4, 0.5) is 10.1 Å². The van der Waals surface area contributed by atoms with Gasteiger partial charge in [-0.25, -0.2) is 12.8 Å². The molecule has 3 aromatic carbocycles. The van der Waals surface area contributed by atoms with Crippen LogP contribution >= 0.6 is 0 Å². The molecule has 234 valence electrons. The van der Waals surface area contributed by atoms with Crippen LogP contribution in [0.2, 0.25) is 0 Å². The molecule has 11 heteroatoms. The maximum atomic E-state index is 14.1. The summed E-state index contributed by atoms with van der Waals surface area (Å²) in [6.45, 7) is 3.71. The molecule has 1 fully saturated rings. The lowest BCUT2D eigenvalue weighted by atomic mass is 9.95. The van der Waals surface area contributed by atoms with Crippen molar-refractivity contribution in [1.29, 1.82) is 0 Å². The standard InChI is InChI=1S/C33H38FN3O6S/c1-23-8-10-25(11-9-23)21-36(24(2)33(39)35-27-6-4-3-5-7-27)32(38)22-37(28-14-12-26(34)13-15-28)44(40,41)29-16-17-30-31(20-29)43-19-18-42-30/h8-17,20,24,27H,3-7,18-19,21-22H2,1-2H3,(H,35,39). The Hall–Kier alpha value is -4.12. The normalized spacial score (nSPS) is 15.7. The summed E-state index contributed by atoms with van der Waals surface area (Å²) in [4.78, 5) is 28.9. The van der Waals surface area contributed by atoms with E-state index in [4.69, 9.17) is 9.47 Å². The Bertz CT molecular complexity index is 1570. The number of aryl methyl sites for hydroxylation is 1. The summed E-state index contributed by atoms with van der Waals surface area (Å²) >= 11 is 0. The van der Waals surface area contributed by atoms with Crippen LogP contribution in [0.15, 0.2) is 71.6 Å². The monoisotopic (exact) mass is 623 g/mol. The molecule has 44 heavy (non-hydrogen) atoms. The molecule has 0 radical (unpaired) electrons. The molecule has 5 rings (SSSR count). The highest BCUT2D eigenvalue weighted by Gasteiger charge is 2.34. The first-order chi connectivity index (χ1) is 21.1. The maximum Gasteiger partial charge on any atom is 0.264 e. The van der Waals surface area contributed by atoms with Crippen molar-refractivity contribution in [2.45, 2.75) is 69.5 Å². The Labute approximate surface area is 258 Å². The fourth-order valence-corrected chi connectivity index (χ4v) is 6.92. The molecule has 0 bridgehead atoms. The van der Waals surface area contributed by atoms with Crippen LogP contribution in [0.5, 0.6) is 11.5 Å². The number of carbonyl (C=O) groups is 2. The summed E-state index contributed by atoms with van der Waals surface area (Å²) in [6.07, 6.45) is 4.98. The predicted molar refractivity (Wildman–Crippen MR) is 165 cm³/mol. The number of sulfonamides is 1. The van der Waals surface area contributed by atoms with Gasteiger partial charge in [0.25, 0.3) is 10.0 Å². The number of ether oxygens (including phenoxy) is 2. The summed E-state index contributed by atoms with van der Waals surface area (Å²) in [5, 5.41) is 3.09. The number of nitrogens with one attached hydrogen (secondary N) is 1. The van der Waals surface area contributed by atoms with Gasteiger partial charge in [0.15, 0.2) is 11.5 Å². The number of fused-ring (bicyclic) bond motifs is 1. The summed E-state index contributed by atoms with van der Waals surface area (Å²) < 4.78 is 54.2. The minimum atomic E-state index is -4.35. The van der Waals surface area contributed by atoms with Crippen molar-refractivity contribution in [2.24, 2.45) is 0 Å². The van der Waals surface area contributed by atoms with E-state index in [1.165, 1.54) is 35.2 Å². The van der Waals surface area contributed by atoms with Gasteiger partial charge < -0.3 is 19.7 Å². The molecule has 9 nitrogen and oxygen atoms in total. The number of carbonyl (C=O) groups excluding carboxylic acids is 2. The van der Waals surface area contributed by atoms with Crippen molar-refractivity contribution >= 4 is 27.5 Å². The van der Waals surface area contributed by atoms with Crippen LogP contribution < -0.4 is 19.1 Å². The Morgan fingerprint density at radius 2 is 1.59 bits per heavy atom. The largest absolute Gasteiger partial charge is 0.486 e. The third kappa shape index (κ3) is 7.32. The average Bonchev–Trinajstić information content (AvgIpc) is 3.03. The van der Waals surface area contributed by atoms with E-state index in [9.17, 15) is 22.4 Å². The van der Waals surface area contributed by atoms with Crippen LogP contribution in [0.3, 0.4) is 0 Å². The molecule has 0 spiro atoms. The third-order valence-corrected chi connectivity index (χ3v) is 9.86. The topological polar surface area (TPSA) is 105 Å². The van der Waals surface area contributed by atoms with Crippen LogP contribution in [0.1, 0.15) is 50.2 Å².